The molecule has 0 aliphatic heterocycles. The van der Waals surface area contributed by atoms with Crippen LogP contribution < -0.4 is 10.6 Å². The lowest BCUT2D eigenvalue weighted by Gasteiger charge is -2.15. The van der Waals surface area contributed by atoms with E-state index in [0.717, 1.165) is 12.1 Å². The van der Waals surface area contributed by atoms with E-state index in [-0.39, 0.29) is 24.2 Å². The van der Waals surface area contributed by atoms with Gasteiger partial charge in [0.2, 0.25) is 5.91 Å². The summed E-state index contributed by atoms with van der Waals surface area (Å²) in [6, 6.07) is 9.83. The van der Waals surface area contributed by atoms with E-state index in [4.69, 9.17) is 0 Å². The average molecular weight is 378 g/mol. The third-order valence-corrected chi connectivity index (χ3v) is 4.38. The highest BCUT2D eigenvalue weighted by molar-refractivity contribution is 5.99. The average Bonchev–Trinajstić information content (AvgIpc) is 2.62. The van der Waals surface area contributed by atoms with Crippen LogP contribution in [-0.4, -0.2) is 18.9 Å². The number of amides is 2. The van der Waals surface area contributed by atoms with Crippen molar-refractivity contribution >= 4 is 17.5 Å². The number of carbonyl (C=O) groups is 2. The molecule has 2 aromatic carbocycles. The molecule has 0 saturated heterocycles. The Morgan fingerprint density at radius 3 is 2.26 bits per heavy atom. The van der Waals surface area contributed by atoms with E-state index in [9.17, 15) is 22.8 Å². The maximum absolute atomic E-state index is 12.6. The molecule has 0 heterocycles. The van der Waals surface area contributed by atoms with Crippen LogP contribution in [0.5, 0.6) is 0 Å². The van der Waals surface area contributed by atoms with Gasteiger partial charge < -0.3 is 10.6 Å². The number of rotatable bonds is 5. The van der Waals surface area contributed by atoms with Crippen molar-refractivity contribution in [2.75, 3.05) is 12.4 Å². The van der Waals surface area contributed by atoms with Crippen LogP contribution >= 0.6 is 0 Å². The molecule has 0 saturated carbocycles. The van der Waals surface area contributed by atoms with Crippen molar-refractivity contribution in [1.82, 2.24) is 5.32 Å². The minimum Gasteiger partial charge on any atom is -0.355 e. The summed E-state index contributed by atoms with van der Waals surface area (Å²) in [7, 11) is 1.53. The minimum atomic E-state index is -4.38. The molecule has 1 unspecified atom stereocenters. The van der Waals surface area contributed by atoms with E-state index >= 15 is 0 Å². The van der Waals surface area contributed by atoms with Gasteiger partial charge in [-0.25, -0.2) is 0 Å². The van der Waals surface area contributed by atoms with E-state index in [1.54, 1.807) is 32.0 Å². The smallest absolute Gasteiger partial charge is 0.355 e. The molecule has 0 aliphatic rings. The van der Waals surface area contributed by atoms with E-state index in [0.29, 0.717) is 22.4 Å². The van der Waals surface area contributed by atoms with Crippen LogP contribution in [0.3, 0.4) is 0 Å². The summed E-state index contributed by atoms with van der Waals surface area (Å²) in [5.74, 6) is -0.781. The molecule has 0 aromatic heterocycles. The third kappa shape index (κ3) is 5.09. The van der Waals surface area contributed by atoms with Crippen LogP contribution in [0, 0.1) is 6.92 Å². The molecular weight excluding hydrogens is 357 g/mol. The number of halogens is 3. The second-order valence-electron chi connectivity index (χ2n) is 6.33. The zero-order valence-corrected chi connectivity index (χ0v) is 15.3. The number of nitrogens with one attached hydrogen (secondary N) is 2. The summed E-state index contributed by atoms with van der Waals surface area (Å²) >= 11 is 0. The number of anilines is 1. The fourth-order valence-electron chi connectivity index (χ4n) is 2.75. The van der Waals surface area contributed by atoms with E-state index in [2.05, 4.69) is 10.6 Å². The van der Waals surface area contributed by atoms with Gasteiger partial charge in [-0.1, -0.05) is 25.1 Å². The van der Waals surface area contributed by atoms with E-state index < -0.39 is 11.7 Å². The normalized spacial score (nSPS) is 12.4. The summed E-state index contributed by atoms with van der Waals surface area (Å²) in [5.41, 5.74) is 1.57. The van der Waals surface area contributed by atoms with Gasteiger partial charge in [0.1, 0.15) is 0 Å². The fraction of sp³-hybridized carbons (Fsp3) is 0.300. The van der Waals surface area contributed by atoms with Crippen molar-refractivity contribution in [1.29, 1.82) is 0 Å². The van der Waals surface area contributed by atoms with Gasteiger partial charge in [0.05, 0.1) is 5.56 Å². The van der Waals surface area contributed by atoms with Crippen molar-refractivity contribution < 1.29 is 22.8 Å². The van der Waals surface area contributed by atoms with E-state index in [1.807, 2.05) is 0 Å². The largest absolute Gasteiger partial charge is 0.416 e. The van der Waals surface area contributed by atoms with Crippen molar-refractivity contribution in [3.05, 3.63) is 64.7 Å². The molecule has 7 heteroatoms. The van der Waals surface area contributed by atoms with Gasteiger partial charge in [-0.2, -0.15) is 13.2 Å². The first-order valence-electron chi connectivity index (χ1n) is 8.42. The molecule has 1 atom stereocenters. The maximum atomic E-state index is 12.6. The van der Waals surface area contributed by atoms with Crippen molar-refractivity contribution in [3.8, 4) is 0 Å². The highest BCUT2D eigenvalue weighted by Crippen LogP contribution is 2.30. The first-order chi connectivity index (χ1) is 12.6. The van der Waals surface area contributed by atoms with Gasteiger partial charge in [-0.05, 0) is 48.2 Å². The van der Waals surface area contributed by atoms with Gasteiger partial charge in [0.25, 0.3) is 5.91 Å². The molecule has 0 radical (unpaired) electrons. The molecule has 2 amide bonds. The Morgan fingerprint density at radius 2 is 1.70 bits per heavy atom. The number of carbonyl (C=O) groups excluding carboxylic acids is 2. The lowest BCUT2D eigenvalue weighted by Crippen LogP contribution is -2.20. The zero-order chi connectivity index (χ0) is 20.2. The van der Waals surface area contributed by atoms with Crippen molar-refractivity contribution in [2.45, 2.75) is 32.4 Å². The van der Waals surface area contributed by atoms with Crippen molar-refractivity contribution in [2.24, 2.45) is 0 Å². The Hall–Kier alpha value is -2.83. The zero-order valence-electron chi connectivity index (χ0n) is 15.3. The van der Waals surface area contributed by atoms with E-state index in [1.165, 1.54) is 19.2 Å². The van der Waals surface area contributed by atoms with Crippen LogP contribution in [0.2, 0.25) is 0 Å². The molecule has 2 N–H and O–H groups in total. The fourth-order valence-corrected chi connectivity index (χ4v) is 2.75. The molecule has 0 bridgehead atoms. The topological polar surface area (TPSA) is 58.2 Å². The van der Waals surface area contributed by atoms with Crippen LogP contribution in [-0.2, 0) is 11.0 Å². The Morgan fingerprint density at radius 1 is 1.07 bits per heavy atom. The third-order valence-electron chi connectivity index (χ3n) is 4.38. The van der Waals surface area contributed by atoms with Crippen LogP contribution in [0.1, 0.15) is 46.3 Å². The predicted molar refractivity (Wildman–Crippen MR) is 97.7 cm³/mol. The molecule has 0 fully saturated rings. The highest BCUT2D eigenvalue weighted by Gasteiger charge is 2.30. The Bertz CT molecular complexity index is 830. The molecule has 2 aromatic rings. The molecule has 0 aliphatic carbocycles. The summed E-state index contributed by atoms with van der Waals surface area (Å²) in [6.45, 7) is 3.51. The SMILES string of the molecule is CNC(=O)c1cccc(NC(=O)CC(C)c2ccc(C(F)(F)F)cc2)c1C. The first kappa shape index (κ1) is 20.5. The second kappa shape index (κ2) is 8.24. The number of hydrogen-bond donors (Lipinski definition) is 2. The molecule has 144 valence electrons. The van der Waals surface area contributed by atoms with Crippen LogP contribution in [0.15, 0.2) is 42.5 Å². The summed E-state index contributed by atoms with van der Waals surface area (Å²) in [5, 5.41) is 5.31. The van der Waals surface area contributed by atoms with Gasteiger partial charge in [0.15, 0.2) is 0 Å². The van der Waals surface area contributed by atoms with Gasteiger partial charge in [0, 0.05) is 24.7 Å². The molecule has 2 rings (SSSR count). The second-order valence-corrected chi connectivity index (χ2v) is 6.33. The Kier molecular flexibility index (Phi) is 6.25. The first-order valence-corrected chi connectivity index (χ1v) is 8.42. The van der Waals surface area contributed by atoms with Crippen LogP contribution in [0.25, 0.3) is 0 Å². The standard InChI is InChI=1S/C20H21F3N2O2/c1-12(14-7-9-15(10-8-14)20(21,22)23)11-18(26)25-17-6-4-5-16(13(17)2)19(27)24-3/h4-10,12H,11H2,1-3H3,(H,24,27)(H,25,26). The maximum Gasteiger partial charge on any atom is 0.416 e. The Labute approximate surface area is 155 Å². The van der Waals surface area contributed by atoms with Crippen LogP contribution in [0.4, 0.5) is 18.9 Å². The van der Waals surface area contributed by atoms with Crippen molar-refractivity contribution in [3.63, 3.8) is 0 Å². The van der Waals surface area contributed by atoms with Gasteiger partial charge in [-0.15, -0.1) is 0 Å². The molecular formula is C20H21F3N2O2. The summed E-state index contributed by atoms with van der Waals surface area (Å²) < 4.78 is 37.9. The number of benzene rings is 2. The molecule has 0 spiro atoms. The quantitative estimate of drug-likeness (QED) is 0.805. The monoisotopic (exact) mass is 378 g/mol. The summed E-state index contributed by atoms with van der Waals surface area (Å²) in [4.78, 5) is 24.2. The predicted octanol–water partition coefficient (Wildman–Crippen LogP) is 4.51. The molecule has 27 heavy (non-hydrogen) atoms. The highest BCUT2D eigenvalue weighted by atomic mass is 19.4. The van der Waals surface area contributed by atoms with Gasteiger partial charge >= 0.3 is 6.18 Å². The van der Waals surface area contributed by atoms with Gasteiger partial charge in [-0.3, -0.25) is 9.59 Å². The molecule has 4 nitrogen and oxygen atoms in total. The lowest BCUT2D eigenvalue weighted by atomic mass is 9.96. The Balaban J connectivity index is 2.06. The number of alkyl halides is 3. The lowest BCUT2D eigenvalue weighted by molar-refractivity contribution is -0.137. The summed E-state index contributed by atoms with van der Waals surface area (Å²) in [6.07, 6.45) is -4.28. The number of hydrogen-bond acceptors (Lipinski definition) is 2. The minimum absolute atomic E-state index is 0.106.